The van der Waals surface area contributed by atoms with Crippen LogP contribution in [0, 0.1) is 0 Å². The molecule has 4 amide bonds. The van der Waals surface area contributed by atoms with Crippen LogP contribution in [-0.4, -0.2) is 99.5 Å². The molecule has 1 heterocycles. The Morgan fingerprint density at radius 3 is 1.60 bits per heavy atom. The number of nitrogens with zero attached hydrogens (tertiary/aromatic N) is 2. The molecule has 0 aliphatic carbocycles. The Labute approximate surface area is 363 Å². The molecule has 1 fully saturated rings. The molecule has 0 aromatic heterocycles. The first-order chi connectivity index (χ1) is 29.2. The van der Waals surface area contributed by atoms with E-state index in [1.807, 2.05) is 6.07 Å². The third-order valence-corrected chi connectivity index (χ3v) is 11.8. The molecule has 0 bridgehead atoms. The fourth-order valence-electron chi connectivity index (χ4n) is 8.07. The summed E-state index contributed by atoms with van der Waals surface area (Å²) in [6, 6.07) is 5.70. The van der Waals surface area contributed by atoms with Gasteiger partial charge in [-0.1, -0.05) is 198 Å². The molecule has 12 nitrogen and oxygen atoms in total. The lowest BCUT2D eigenvalue weighted by Crippen LogP contribution is -2.71. The molecule has 0 saturated carbocycles. The first-order valence-electron chi connectivity index (χ1n) is 24.1. The number of ether oxygens (including phenoxy) is 2. The van der Waals surface area contributed by atoms with Crippen LogP contribution in [0.15, 0.2) is 30.3 Å². The topological polar surface area (TPSA) is 175 Å². The third-order valence-electron chi connectivity index (χ3n) is 11.8. The maximum atomic E-state index is 14.1. The summed E-state index contributed by atoms with van der Waals surface area (Å²) in [5.41, 5.74) is 6.72. The molecule has 1 aromatic rings. The Morgan fingerprint density at radius 1 is 0.700 bits per heavy atom. The van der Waals surface area contributed by atoms with Gasteiger partial charge in [0.25, 0.3) is 0 Å². The summed E-state index contributed by atoms with van der Waals surface area (Å²) in [4.78, 5) is 43.7. The normalized spacial score (nSPS) is 19.5. The van der Waals surface area contributed by atoms with Gasteiger partial charge in [-0.25, -0.2) is 14.5 Å². The van der Waals surface area contributed by atoms with Crippen molar-refractivity contribution in [3.05, 3.63) is 35.9 Å². The molecule has 6 atom stereocenters. The van der Waals surface area contributed by atoms with Gasteiger partial charge in [-0.05, 0) is 25.3 Å². The van der Waals surface area contributed by atoms with E-state index in [2.05, 4.69) is 19.2 Å². The monoisotopic (exact) mass is 847 g/mol. The van der Waals surface area contributed by atoms with Gasteiger partial charge in [0.15, 0.2) is 6.23 Å². The summed E-state index contributed by atoms with van der Waals surface area (Å²) >= 11 is 0. The van der Waals surface area contributed by atoms with Crippen LogP contribution in [0.25, 0.3) is 0 Å². The SMILES string of the molecule is CCCCCCCCCCCCCCCCCCN(C(=O)NCCCCCCCCCCCC)[C@@H]1O[C@H](CO)[C@@H](O)[C@H](O)[C@H]1N(C(=O)OCc1ccccc1)C(=O)[C@H](C)N. The molecule has 1 aliphatic heterocycles. The maximum Gasteiger partial charge on any atom is 0.417 e. The molecular formula is C48H86N4O8. The Bertz CT molecular complexity index is 1240. The summed E-state index contributed by atoms with van der Waals surface area (Å²) in [5, 5.41) is 35.9. The van der Waals surface area contributed by atoms with Gasteiger partial charge in [0.05, 0.1) is 12.6 Å². The third kappa shape index (κ3) is 21.3. The smallest absolute Gasteiger partial charge is 0.417 e. The van der Waals surface area contributed by atoms with Crippen molar-refractivity contribution < 1.29 is 39.2 Å². The standard InChI is InChI=1S/C48H86N4O8/c1-4-6-8-10-12-14-16-17-18-19-20-21-23-25-27-32-36-51(47(57)50-35-31-26-24-22-15-13-11-9-7-5-2)46-42(44(55)43(54)41(37-53)60-46)52(45(56)39(3)49)48(58)59-38-40-33-29-28-30-34-40/h28-30,33-34,39,41-44,46,53-55H,4-27,31-32,35-38,49H2,1-3H3,(H,50,57)/t39-,41+,42+,43+,44+,46+/m0/s1. The number of hydrogen-bond acceptors (Lipinski definition) is 9. The van der Waals surface area contributed by atoms with E-state index in [1.165, 1.54) is 121 Å². The zero-order valence-electron chi connectivity index (χ0n) is 37.9. The summed E-state index contributed by atoms with van der Waals surface area (Å²) in [7, 11) is 0. The first kappa shape index (κ1) is 53.4. The number of amides is 4. The largest absolute Gasteiger partial charge is 0.444 e. The maximum absolute atomic E-state index is 14.1. The van der Waals surface area contributed by atoms with Crippen molar-refractivity contribution in [2.24, 2.45) is 5.73 Å². The average Bonchev–Trinajstić information content (AvgIpc) is 3.25. The molecule has 2 rings (SSSR count). The molecule has 0 spiro atoms. The van der Waals surface area contributed by atoms with E-state index >= 15 is 0 Å². The highest BCUT2D eigenvalue weighted by Crippen LogP contribution is 2.30. The summed E-state index contributed by atoms with van der Waals surface area (Å²) in [6.45, 7) is 5.68. The van der Waals surface area contributed by atoms with Crippen LogP contribution < -0.4 is 11.1 Å². The number of aliphatic hydroxyl groups is 3. The number of benzene rings is 1. The number of rotatable bonds is 34. The molecule has 0 unspecified atom stereocenters. The van der Waals surface area contributed by atoms with Crippen LogP contribution >= 0.6 is 0 Å². The minimum absolute atomic E-state index is 0.166. The van der Waals surface area contributed by atoms with Crippen LogP contribution in [0.4, 0.5) is 9.59 Å². The highest BCUT2D eigenvalue weighted by Gasteiger charge is 2.53. The van der Waals surface area contributed by atoms with E-state index < -0.39 is 61.3 Å². The molecular weight excluding hydrogens is 761 g/mol. The first-order valence-corrected chi connectivity index (χ1v) is 24.1. The Hall–Kier alpha value is -2.77. The van der Waals surface area contributed by atoms with Gasteiger partial charge in [0, 0.05) is 13.1 Å². The van der Waals surface area contributed by atoms with Crippen molar-refractivity contribution in [2.75, 3.05) is 19.7 Å². The lowest BCUT2D eigenvalue weighted by Gasteiger charge is -2.49. The van der Waals surface area contributed by atoms with Crippen molar-refractivity contribution in [1.82, 2.24) is 15.1 Å². The van der Waals surface area contributed by atoms with Crippen molar-refractivity contribution in [2.45, 2.75) is 231 Å². The number of carbonyl (C=O) groups is 3. The van der Waals surface area contributed by atoms with Crippen molar-refractivity contribution in [1.29, 1.82) is 0 Å². The van der Waals surface area contributed by atoms with Gasteiger partial charge in [0.2, 0.25) is 5.91 Å². The number of urea groups is 1. The van der Waals surface area contributed by atoms with E-state index in [-0.39, 0.29) is 13.2 Å². The second kappa shape index (κ2) is 33.8. The van der Waals surface area contributed by atoms with Gasteiger partial charge in [0.1, 0.15) is 31.0 Å². The highest BCUT2D eigenvalue weighted by molar-refractivity contribution is 5.95. The molecule has 0 radical (unpaired) electrons. The highest BCUT2D eigenvalue weighted by atomic mass is 16.6. The van der Waals surface area contributed by atoms with Crippen LogP contribution in [0.1, 0.15) is 193 Å². The quantitative estimate of drug-likeness (QED) is 0.0423. The van der Waals surface area contributed by atoms with Crippen LogP contribution in [0.2, 0.25) is 0 Å². The minimum atomic E-state index is -1.78. The zero-order chi connectivity index (χ0) is 43.8. The number of aliphatic hydroxyl groups excluding tert-OH is 3. The van der Waals surface area contributed by atoms with Crippen molar-refractivity contribution in [3.8, 4) is 0 Å². The van der Waals surface area contributed by atoms with Crippen molar-refractivity contribution in [3.63, 3.8) is 0 Å². The summed E-state index contributed by atoms with van der Waals surface area (Å²) in [6.07, 6.45) is 23.6. The van der Waals surface area contributed by atoms with Gasteiger partial charge in [-0.3, -0.25) is 9.69 Å². The molecule has 60 heavy (non-hydrogen) atoms. The average molecular weight is 847 g/mol. The van der Waals surface area contributed by atoms with Gasteiger partial charge in [-0.15, -0.1) is 0 Å². The summed E-state index contributed by atoms with van der Waals surface area (Å²) in [5.74, 6) is -0.867. The Morgan fingerprint density at radius 2 is 1.15 bits per heavy atom. The molecule has 1 aromatic carbocycles. The second-order valence-corrected chi connectivity index (χ2v) is 17.2. The predicted octanol–water partition coefficient (Wildman–Crippen LogP) is 9.50. The van der Waals surface area contributed by atoms with Gasteiger partial charge in [-0.2, -0.15) is 0 Å². The fraction of sp³-hybridized carbons (Fsp3) is 0.812. The number of nitrogens with one attached hydrogen (secondary N) is 1. The van der Waals surface area contributed by atoms with Crippen LogP contribution in [-0.2, 0) is 20.9 Å². The fourth-order valence-corrected chi connectivity index (χ4v) is 8.07. The minimum Gasteiger partial charge on any atom is -0.444 e. The lowest BCUT2D eigenvalue weighted by atomic mass is 9.93. The number of unbranched alkanes of at least 4 members (excludes halogenated alkanes) is 24. The molecule has 1 saturated heterocycles. The van der Waals surface area contributed by atoms with E-state index in [4.69, 9.17) is 15.2 Å². The summed E-state index contributed by atoms with van der Waals surface area (Å²) < 4.78 is 11.8. The van der Waals surface area contributed by atoms with Crippen LogP contribution in [0.3, 0.4) is 0 Å². The van der Waals surface area contributed by atoms with Gasteiger partial charge < -0.3 is 35.8 Å². The Balaban J connectivity index is 2.10. The van der Waals surface area contributed by atoms with E-state index in [0.29, 0.717) is 23.4 Å². The number of hydrogen-bond donors (Lipinski definition) is 5. The van der Waals surface area contributed by atoms with E-state index in [1.54, 1.807) is 24.3 Å². The van der Waals surface area contributed by atoms with Crippen molar-refractivity contribution >= 4 is 18.0 Å². The molecule has 12 heteroatoms. The lowest BCUT2D eigenvalue weighted by molar-refractivity contribution is -0.238. The van der Waals surface area contributed by atoms with Crippen LogP contribution in [0.5, 0.6) is 0 Å². The van der Waals surface area contributed by atoms with E-state index in [9.17, 15) is 29.7 Å². The molecule has 1 aliphatic rings. The zero-order valence-corrected chi connectivity index (χ0v) is 37.9. The number of nitrogens with two attached hydrogens (primary N) is 1. The second-order valence-electron chi connectivity index (χ2n) is 17.2. The predicted molar refractivity (Wildman–Crippen MR) is 240 cm³/mol. The molecule has 6 N–H and O–H groups in total. The van der Waals surface area contributed by atoms with E-state index in [0.717, 1.165) is 51.4 Å². The number of imide groups is 1. The Kier molecular flexibility index (Phi) is 30.1. The van der Waals surface area contributed by atoms with Gasteiger partial charge >= 0.3 is 12.1 Å². The molecule has 346 valence electrons. The number of carbonyl (C=O) groups excluding carboxylic acids is 3.